The number of aromatic nitrogens is 2. The molecule has 1 rings (SSSR count). The molecule has 1 atom stereocenters. The first-order valence-electron chi connectivity index (χ1n) is 7.62. The third-order valence-corrected chi connectivity index (χ3v) is 3.20. The van der Waals surface area contributed by atoms with Crippen molar-refractivity contribution in [1.29, 1.82) is 0 Å². The monoisotopic (exact) mass is 423 g/mol. The first kappa shape index (κ1) is 21.1. The van der Waals surface area contributed by atoms with E-state index in [-0.39, 0.29) is 29.4 Å². The molecule has 2 N–H and O–H groups in total. The maximum atomic E-state index is 5.27. The molecule has 1 unspecified atom stereocenters. The summed E-state index contributed by atoms with van der Waals surface area (Å²) < 4.78 is 5.27. The van der Waals surface area contributed by atoms with Crippen LogP contribution < -0.4 is 10.6 Å². The van der Waals surface area contributed by atoms with Crippen molar-refractivity contribution in [2.75, 3.05) is 6.54 Å². The van der Waals surface area contributed by atoms with E-state index in [0.717, 1.165) is 12.5 Å². The normalized spacial score (nSPS) is 13.7. The highest BCUT2D eigenvalue weighted by Gasteiger charge is 2.21. The molecule has 0 amide bonds. The Hall–Kier alpha value is -0.860. The van der Waals surface area contributed by atoms with E-state index in [9.17, 15) is 0 Å². The molecule has 128 valence electrons. The first-order chi connectivity index (χ1) is 9.74. The van der Waals surface area contributed by atoms with Gasteiger partial charge in [0, 0.05) is 18.0 Å². The summed E-state index contributed by atoms with van der Waals surface area (Å²) in [7, 11) is 0. The highest BCUT2D eigenvalue weighted by Crippen LogP contribution is 2.19. The Labute approximate surface area is 150 Å². The lowest BCUT2D eigenvalue weighted by Gasteiger charge is -2.20. The zero-order chi connectivity index (χ0) is 16.0. The van der Waals surface area contributed by atoms with E-state index in [1.165, 1.54) is 0 Å². The lowest BCUT2D eigenvalue weighted by atomic mass is 9.97. The SMILES string of the molecule is CCNC(=NCc1noc(C(C)(C)C)n1)NC(C)C(C)C.I. The molecule has 0 aliphatic rings. The van der Waals surface area contributed by atoms with E-state index in [1.54, 1.807) is 0 Å². The number of nitrogens with zero attached hydrogens (tertiary/aromatic N) is 3. The van der Waals surface area contributed by atoms with E-state index in [4.69, 9.17) is 4.52 Å². The molecule has 0 spiro atoms. The minimum Gasteiger partial charge on any atom is -0.357 e. The van der Waals surface area contributed by atoms with E-state index >= 15 is 0 Å². The van der Waals surface area contributed by atoms with Gasteiger partial charge in [-0.15, -0.1) is 24.0 Å². The minimum absolute atomic E-state index is 0. The molecular weight excluding hydrogens is 393 g/mol. The summed E-state index contributed by atoms with van der Waals surface area (Å²) in [5.41, 5.74) is -0.135. The Morgan fingerprint density at radius 3 is 2.36 bits per heavy atom. The van der Waals surface area contributed by atoms with E-state index in [0.29, 0.717) is 30.2 Å². The molecule has 0 aliphatic heterocycles. The van der Waals surface area contributed by atoms with Crippen LogP contribution in [0.25, 0.3) is 0 Å². The van der Waals surface area contributed by atoms with Crippen LogP contribution in [-0.2, 0) is 12.0 Å². The summed E-state index contributed by atoms with van der Waals surface area (Å²) in [4.78, 5) is 8.90. The van der Waals surface area contributed by atoms with Crippen molar-refractivity contribution in [2.45, 2.75) is 66.5 Å². The fourth-order valence-corrected chi connectivity index (χ4v) is 1.47. The largest absolute Gasteiger partial charge is 0.357 e. The molecule has 0 bridgehead atoms. The molecule has 1 aromatic rings. The van der Waals surface area contributed by atoms with Gasteiger partial charge in [0.05, 0.1) is 0 Å². The van der Waals surface area contributed by atoms with Gasteiger partial charge in [-0.3, -0.25) is 0 Å². The van der Waals surface area contributed by atoms with Crippen molar-refractivity contribution in [3.8, 4) is 0 Å². The zero-order valence-corrected chi connectivity index (χ0v) is 17.1. The van der Waals surface area contributed by atoms with Crippen LogP contribution in [0.1, 0.15) is 60.2 Å². The van der Waals surface area contributed by atoms with Crippen molar-refractivity contribution in [1.82, 2.24) is 20.8 Å². The average Bonchev–Trinajstić information content (AvgIpc) is 2.84. The van der Waals surface area contributed by atoms with Gasteiger partial charge in [-0.25, -0.2) is 4.99 Å². The molecule has 6 nitrogen and oxygen atoms in total. The van der Waals surface area contributed by atoms with Crippen LogP contribution in [-0.4, -0.2) is 28.7 Å². The third kappa shape index (κ3) is 6.93. The fourth-order valence-electron chi connectivity index (χ4n) is 1.47. The molecule has 0 aliphatic carbocycles. The summed E-state index contributed by atoms with van der Waals surface area (Å²) >= 11 is 0. The lowest BCUT2D eigenvalue weighted by molar-refractivity contribution is 0.318. The molecule has 22 heavy (non-hydrogen) atoms. The molecule has 0 aromatic carbocycles. The van der Waals surface area contributed by atoms with Gasteiger partial charge in [0.1, 0.15) is 6.54 Å². The molecule has 0 fully saturated rings. The number of nitrogens with one attached hydrogen (secondary N) is 2. The number of guanidine groups is 1. The van der Waals surface area contributed by atoms with Crippen molar-refractivity contribution < 1.29 is 4.52 Å². The second kappa shape index (κ2) is 9.32. The molecule has 7 heteroatoms. The van der Waals surface area contributed by atoms with Crippen LogP contribution in [0.15, 0.2) is 9.52 Å². The summed E-state index contributed by atoms with van der Waals surface area (Å²) in [6, 6.07) is 0.346. The van der Waals surface area contributed by atoms with Gasteiger partial charge in [0.2, 0.25) is 5.89 Å². The van der Waals surface area contributed by atoms with Gasteiger partial charge < -0.3 is 15.2 Å². The van der Waals surface area contributed by atoms with Gasteiger partial charge in [0.25, 0.3) is 0 Å². The number of aliphatic imine (C=N–C) groups is 1. The van der Waals surface area contributed by atoms with E-state index in [2.05, 4.69) is 46.5 Å². The number of rotatable bonds is 5. The Kier molecular flexibility index (Phi) is 8.95. The van der Waals surface area contributed by atoms with Gasteiger partial charge >= 0.3 is 0 Å². The molecule has 0 saturated carbocycles. The Bertz CT molecular complexity index is 465. The maximum absolute atomic E-state index is 5.27. The molecule has 0 saturated heterocycles. The number of hydrogen-bond acceptors (Lipinski definition) is 4. The highest BCUT2D eigenvalue weighted by atomic mass is 127. The number of halogens is 1. The van der Waals surface area contributed by atoms with Gasteiger partial charge in [0.15, 0.2) is 11.8 Å². The highest BCUT2D eigenvalue weighted by molar-refractivity contribution is 14.0. The van der Waals surface area contributed by atoms with Crippen LogP contribution in [0.2, 0.25) is 0 Å². The topological polar surface area (TPSA) is 75.3 Å². The molecule has 1 aromatic heterocycles. The van der Waals surface area contributed by atoms with Crippen molar-refractivity contribution >= 4 is 29.9 Å². The third-order valence-electron chi connectivity index (χ3n) is 3.20. The Balaban J connectivity index is 0.00000441. The smallest absolute Gasteiger partial charge is 0.232 e. The molecule has 0 radical (unpaired) electrons. The lowest BCUT2D eigenvalue weighted by Crippen LogP contribution is -2.44. The maximum Gasteiger partial charge on any atom is 0.232 e. The van der Waals surface area contributed by atoms with Crippen LogP contribution in [0, 0.1) is 5.92 Å². The van der Waals surface area contributed by atoms with Crippen LogP contribution >= 0.6 is 24.0 Å². The Morgan fingerprint density at radius 2 is 1.91 bits per heavy atom. The summed E-state index contributed by atoms with van der Waals surface area (Å²) in [5.74, 6) is 2.56. The second-order valence-electron chi connectivity index (χ2n) is 6.64. The molecular formula is C15H30IN5O. The van der Waals surface area contributed by atoms with E-state index in [1.807, 2.05) is 27.7 Å². The zero-order valence-electron chi connectivity index (χ0n) is 14.7. The van der Waals surface area contributed by atoms with E-state index < -0.39 is 0 Å². The second-order valence-corrected chi connectivity index (χ2v) is 6.64. The quantitative estimate of drug-likeness (QED) is 0.433. The Morgan fingerprint density at radius 1 is 1.27 bits per heavy atom. The van der Waals surface area contributed by atoms with Gasteiger partial charge in [-0.2, -0.15) is 4.98 Å². The van der Waals surface area contributed by atoms with Crippen LogP contribution in [0.5, 0.6) is 0 Å². The van der Waals surface area contributed by atoms with Gasteiger partial charge in [-0.1, -0.05) is 39.8 Å². The minimum atomic E-state index is -0.135. The first-order valence-corrected chi connectivity index (χ1v) is 7.62. The van der Waals surface area contributed by atoms with Gasteiger partial charge in [-0.05, 0) is 19.8 Å². The summed E-state index contributed by atoms with van der Waals surface area (Å²) in [5, 5.41) is 10.6. The number of hydrogen-bond donors (Lipinski definition) is 2. The van der Waals surface area contributed by atoms with Crippen molar-refractivity contribution in [3.05, 3.63) is 11.7 Å². The van der Waals surface area contributed by atoms with Crippen molar-refractivity contribution in [3.63, 3.8) is 0 Å². The van der Waals surface area contributed by atoms with Crippen molar-refractivity contribution in [2.24, 2.45) is 10.9 Å². The predicted molar refractivity (Wildman–Crippen MR) is 101 cm³/mol. The van der Waals surface area contributed by atoms with Crippen LogP contribution in [0.4, 0.5) is 0 Å². The fraction of sp³-hybridized carbons (Fsp3) is 0.800. The van der Waals surface area contributed by atoms with Crippen LogP contribution in [0.3, 0.4) is 0 Å². The standard InChI is InChI=1S/C15H29N5O.HI/c1-8-16-14(18-11(4)10(2)3)17-9-12-19-13(21-20-12)15(5,6)7;/h10-11H,8-9H2,1-7H3,(H2,16,17,18);1H. The summed E-state index contributed by atoms with van der Waals surface area (Å²) in [6.07, 6.45) is 0. The predicted octanol–water partition coefficient (Wildman–Crippen LogP) is 3.08. The average molecular weight is 423 g/mol. The molecule has 1 heterocycles. The summed E-state index contributed by atoms with van der Waals surface area (Å²) in [6.45, 7) is 15.9.